The van der Waals surface area contributed by atoms with Crippen LogP contribution in [0.3, 0.4) is 0 Å². The minimum atomic E-state index is 0.231. The van der Waals surface area contributed by atoms with Crippen molar-refractivity contribution < 1.29 is 0 Å². The fraction of sp³-hybridized carbons (Fsp3) is 0.571. The lowest BCUT2D eigenvalue weighted by molar-refractivity contribution is 0.341. The summed E-state index contributed by atoms with van der Waals surface area (Å²) in [4.78, 5) is 2.05. The first-order chi connectivity index (χ1) is 4.66. The average molecular weight is 137 g/mol. The molecule has 0 aliphatic carbocycles. The van der Waals surface area contributed by atoms with Crippen LogP contribution < -0.4 is 5.73 Å². The Morgan fingerprint density at radius 2 is 2.40 bits per heavy atom. The Morgan fingerprint density at radius 1 is 1.80 bits per heavy atom. The molecule has 0 fully saturated rings. The molecule has 0 amide bonds. The molecule has 0 unspecified atom stereocenters. The van der Waals surface area contributed by atoms with Crippen LogP contribution in [0.1, 0.15) is 6.92 Å². The van der Waals surface area contributed by atoms with Crippen molar-refractivity contribution in [3.63, 3.8) is 0 Å². The standard InChI is InChI=1S/C7H11N3/c1-5-7(9)6(3-8)4-10(5)2/h5H,4,9H2,1-2H3/t5-/m1/s1. The van der Waals surface area contributed by atoms with Crippen molar-refractivity contribution in [3.8, 4) is 6.07 Å². The highest BCUT2D eigenvalue weighted by atomic mass is 15.2. The van der Waals surface area contributed by atoms with Crippen LogP contribution in [0.2, 0.25) is 0 Å². The minimum absolute atomic E-state index is 0.231. The topological polar surface area (TPSA) is 53.1 Å². The first-order valence-corrected chi connectivity index (χ1v) is 3.25. The Hall–Kier alpha value is -1.01. The van der Waals surface area contributed by atoms with Crippen LogP contribution in [0.15, 0.2) is 11.3 Å². The van der Waals surface area contributed by atoms with Crippen molar-refractivity contribution in [2.45, 2.75) is 13.0 Å². The normalized spacial score (nSPS) is 27.1. The molecule has 1 atom stereocenters. The van der Waals surface area contributed by atoms with Crippen molar-refractivity contribution in [1.29, 1.82) is 5.26 Å². The third-order valence-corrected chi connectivity index (χ3v) is 2.00. The van der Waals surface area contributed by atoms with Crippen molar-refractivity contribution in [3.05, 3.63) is 11.3 Å². The minimum Gasteiger partial charge on any atom is -0.400 e. The van der Waals surface area contributed by atoms with E-state index in [1.165, 1.54) is 0 Å². The zero-order chi connectivity index (χ0) is 7.72. The highest BCUT2D eigenvalue weighted by molar-refractivity contribution is 5.34. The molecule has 3 nitrogen and oxygen atoms in total. The van der Waals surface area contributed by atoms with Gasteiger partial charge in [0.1, 0.15) is 0 Å². The van der Waals surface area contributed by atoms with Crippen LogP contribution in [0.5, 0.6) is 0 Å². The molecule has 0 saturated heterocycles. The summed E-state index contributed by atoms with van der Waals surface area (Å²) < 4.78 is 0. The van der Waals surface area contributed by atoms with Crippen LogP contribution in [0.25, 0.3) is 0 Å². The molecule has 0 aromatic carbocycles. The molecular weight excluding hydrogens is 126 g/mol. The van der Waals surface area contributed by atoms with Gasteiger partial charge < -0.3 is 5.73 Å². The second kappa shape index (κ2) is 2.31. The van der Waals surface area contributed by atoms with Crippen molar-refractivity contribution >= 4 is 0 Å². The fourth-order valence-corrected chi connectivity index (χ4v) is 1.07. The first kappa shape index (κ1) is 7.10. The van der Waals surface area contributed by atoms with Gasteiger partial charge >= 0.3 is 0 Å². The summed E-state index contributed by atoms with van der Waals surface area (Å²) in [6.45, 7) is 2.70. The number of likely N-dealkylation sites (N-methyl/N-ethyl adjacent to an activating group) is 1. The van der Waals surface area contributed by atoms with Gasteiger partial charge in [-0.25, -0.2) is 0 Å². The summed E-state index contributed by atoms with van der Waals surface area (Å²) in [5, 5.41) is 8.56. The maximum Gasteiger partial charge on any atom is 0.0979 e. The molecule has 1 aliphatic rings. The van der Waals surface area contributed by atoms with Crippen LogP contribution >= 0.6 is 0 Å². The van der Waals surface area contributed by atoms with E-state index in [1.54, 1.807) is 0 Å². The van der Waals surface area contributed by atoms with E-state index in [9.17, 15) is 0 Å². The Bertz CT molecular complexity index is 211. The van der Waals surface area contributed by atoms with Crippen molar-refractivity contribution in [1.82, 2.24) is 4.90 Å². The predicted octanol–water partition coefficient (Wildman–Crippen LogP) is 0.0567. The monoisotopic (exact) mass is 137 g/mol. The van der Waals surface area contributed by atoms with Crippen LogP contribution in [-0.4, -0.2) is 24.5 Å². The van der Waals surface area contributed by atoms with Crippen molar-refractivity contribution in [2.75, 3.05) is 13.6 Å². The fourth-order valence-electron chi connectivity index (χ4n) is 1.07. The van der Waals surface area contributed by atoms with Gasteiger partial charge in [-0.3, -0.25) is 4.90 Å². The highest BCUT2D eigenvalue weighted by Crippen LogP contribution is 2.17. The summed E-state index contributed by atoms with van der Waals surface area (Å²) in [6, 6.07) is 2.32. The Labute approximate surface area is 60.7 Å². The Morgan fingerprint density at radius 3 is 2.60 bits per heavy atom. The van der Waals surface area contributed by atoms with E-state index in [2.05, 4.69) is 6.07 Å². The number of nitrogens with two attached hydrogens (primary N) is 1. The molecule has 10 heavy (non-hydrogen) atoms. The maximum absolute atomic E-state index is 8.56. The number of hydrogen-bond acceptors (Lipinski definition) is 3. The summed E-state index contributed by atoms with van der Waals surface area (Å²) in [7, 11) is 1.96. The van der Waals surface area contributed by atoms with Gasteiger partial charge in [-0.15, -0.1) is 0 Å². The van der Waals surface area contributed by atoms with Gasteiger partial charge in [-0.1, -0.05) is 0 Å². The van der Waals surface area contributed by atoms with E-state index in [0.29, 0.717) is 6.54 Å². The molecule has 0 saturated carbocycles. The number of nitrogens with zero attached hydrogens (tertiary/aromatic N) is 2. The zero-order valence-corrected chi connectivity index (χ0v) is 6.26. The molecule has 0 radical (unpaired) electrons. The van der Waals surface area contributed by atoms with E-state index in [4.69, 9.17) is 11.0 Å². The molecule has 1 rings (SSSR count). The van der Waals surface area contributed by atoms with Gasteiger partial charge in [0.25, 0.3) is 0 Å². The maximum atomic E-state index is 8.56. The molecule has 0 spiro atoms. The lowest BCUT2D eigenvalue weighted by Gasteiger charge is -2.14. The van der Waals surface area contributed by atoms with Crippen LogP contribution in [0, 0.1) is 11.3 Å². The zero-order valence-electron chi connectivity index (χ0n) is 6.26. The van der Waals surface area contributed by atoms with E-state index in [0.717, 1.165) is 11.3 Å². The quantitative estimate of drug-likeness (QED) is 0.513. The number of rotatable bonds is 0. The smallest absolute Gasteiger partial charge is 0.0979 e. The first-order valence-electron chi connectivity index (χ1n) is 3.25. The summed E-state index contributed by atoms with van der Waals surface area (Å²) in [6.07, 6.45) is 0. The summed E-state index contributed by atoms with van der Waals surface area (Å²) in [5.74, 6) is 0. The van der Waals surface area contributed by atoms with E-state index in [1.807, 2.05) is 18.9 Å². The average Bonchev–Trinajstić information content (AvgIpc) is 2.17. The Kier molecular flexibility index (Phi) is 1.64. The second-order valence-corrected chi connectivity index (χ2v) is 2.64. The third kappa shape index (κ3) is 0.869. The van der Waals surface area contributed by atoms with Crippen molar-refractivity contribution in [2.24, 2.45) is 5.73 Å². The molecule has 0 aromatic rings. The summed E-state index contributed by atoms with van der Waals surface area (Å²) in [5.41, 5.74) is 7.08. The highest BCUT2D eigenvalue weighted by Gasteiger charge is 2.23. The van der Waals surface area contributed by atoms with Gasteiger partial charge in [-0.2, -0.15) is 5.26 Å². The third-order valence-electron chi connectivity index (χ3n) is 2.00. The largest absolute Gasteiger partial charge is 0.400 e. The molecule has 3 heteroatoms. The Balaban J connectivity index is 2.86. The van der Waals surface area contributed by atoms with Gasteiger partial charge in [0, 0.05) is 18.3 Å². The molecule has 1 aliphatic heterocycles. The predicted molar refractivity (Wildman–Crippen MR) is 38.9 cm³/mol. The van der Waals surface area contributed by atoms with Crippen LogP contribution in [-0.2, 0) is 0 Å². The second-order valence-electron chi connectivity index (χ2n) is 2.64. The molecule has 1 heterocycles. The SMILES string of the molecule is C[C@@H]1C(N)=C(C#N)CN1C. The lowest BCUT2D eigenvalue weighted by atomic mass is 10.2. The van der Waals surface area contributed by atoms with E-state index >= 15 is 0 Å². The van der Waals surface area contributed by atoms with Gasteiger partial charge in [-0.05, 0) is 14.0 Å². The molecular formula is C7H11N3. The number of hydrogen-bond donors (Lipinski definition) is 1. The van der Waals surface area contributed by atoms with E-state index in [-0.39, 0.29) is 6.04 Å². The molecule has 2 N–H and O–H groups in total. The van der Waals surface area contributed by atoms with Crippen LogP contribution in [0.4, 0.5) is 0 Å². The van der Waals surface area contributed by atoms with Gasteiger partial charge in [0.05, 0.1) is 11.6 Å². The summed E-state index contributed by atoms with van der Waals surface area (Å²) >= 11 is 0. The molecule has 54 valence electrons. The molecule has 0 aromatic heterocycles. The van der Waals surface area contributed by atoms with E-state index < -0.39 is 0 Å². The number of nitriles is 1. The molecule has 0 bridgehead atoms. The van der Waals surface area contributed by atoms with Gasteiger partial charge in [0.15, 0.2) is 0 Å². The lowest BCUT2D eigenvalue weighted by Crippen LogP contribution is -2.26. The van der Waals surface area contributed by atoms with Gasteiger partial charge in [0.2, 0.25) is 0 Å².